The molecular weight excluding hydrogens is 328 g/mol. The second kappa shape index (κ2) is 6.73. The molecule has 0 atom stereocenters. The first-order chi connectivity index (χ1) is 10.3. The van der Waals surface area contributed by atoms with Crippen LogP contribution < -0.4 is 10.6 Å². The summed E-state index contributed by atoms with van der Waals surface area (Å²) in [6, 6.07) is 8.38. The van der Waals surface area contributed by atoms with Crippen molar-refractivity contribution in [3.05, 3.63) is 34.9 Å². The summed E-state index contributed by atoms with van der Waals surface area (Å²) in [5.74, 6) is 1.10. The monoisotopic (exact) mass is 348 g/mol. The van der Waals surface area contributed by atoms with Crippen LogP contribution in [0.25, 0.3) is 10.8 Å². The van der Waals surface area contributed by atoms with E-state index in [1.165, 1.54) is 10.8 Å². The van der Waals surface area contributed by atoms with E-state index in [1.807, 2.05) is 6.20 Å². The summed E-state index contributed by atoms with van der Waals surface area (Å²) in [6.45, 7) is 6.13. The van der Waals surface area contributed by atoms with Gasteiger partial charge in [-0.2, -0.15) is 0 Å². The van der Waals surface area contributed by atoms with Crippen molar-refractivity contribution >= 4 is 32.5 Å². The zero-order valence-electron chi connectivity index (χ0n) is 12.1. The lowest BCUT2D eigenvalue weighted by Gasteiger charge is -2.35. The number of hydrogen-bond acceptors (Lipinski definition) is 4. The highest BCUT2D eigenvalue weighted by atomic mass is 79.9. The highest BCUT2D eigenvalue weighted by molar-refractivity contribution is 9.10. The second-order valence-electron chi connectivity index (χ2n) is 5.44. The lowest BCUT2D eigenvalue weighted by molar-refractivity contribution is 0.256. The Morgan fingerprint density at radius 1 is 1.10 bits per heavy atom. The number of piperazine rings is 1. The van der Waals surface area contributed by atoms with Crippen molar-refractivity contribution < 1.29 is 0 Å². The largest absolute Gasteiger partial charge is 0.354 e. The van der Waals surface area contributed by atoms with Gasteiger partial charge in [0.1, 0.15) is 5.82 Å². The molecule has 4 nitrogen and oxygen atoms in total. The van der Waals surface area contributed by atoms with Gasteiger partial charge < -0.3 is 10.6 Å². The molecule has 0 spiro atoms. The average molecular weight is 349 g/mol. The third kappa shape index (κ3) is 3.20. The van der Waals surface area contributed by atoms with Crippen LogP contribution in [0.2, 0.25) is 0 Å². The molecule has 2 N–H and O–H groups in total. The molecule has 2 heterocycles. The van der Waals surface area contributed by atoms with Crippen LogP contribution in [0.5, 0.6) is 0 Å². The highest BCUT2D eigenvalue weighted by Gasteiger charge is 2.19. The second-order valence-corrected chi connectivity index (χ2v) is 6.29. The molecule has 1 aliphatic heterocycles. The number of halogens is 1. The van der Waals surface area contributed by atoms with Crippen LogP contribution in [-0.4, -0.2) is 49.2 Å². The maximum atomic E-state index is 5.59. The maximum Gasteiger partial charge on any atom is 0.136 e. The molecule has 0 amide bonds. The molecule has 112 valence electrons. The van der Waals surface area contributed by atoms with E-state index in [4.69, 9.17) is 5.73 Å². The number of fused-ring (bicyclic) bond motifs is 1. The highest BCUT2D eigenvalue weighted by Crippen LogP contribution is 2.30. The standard InChI is InChI=1S/C16H21BrN4/c17-15-4-1-3-14-13(15)5-7-19-16(14)21-11-9-20(10-12-21)8-2-6-18/h1,3-5,7H,2,6,8-12,18H2. The third-order valence-corrected chi connectivity index (χ3v) is 4.77. The number of anilines is 1. The van der Waals surface area contributed by atoms with Crippen molar-refractivity contribution in [1.29, 1.82) is 0 Å². The number of pyridine rings is 1. The van der Waals surface area contributed by atoms with Gasteiger partial charge >= 0.3 is 0 Å². The van der Waals surface area contributed by atoms with Gasteiger partial charge in [-0.05, 0) is 31.6 Å². The Balaban J connectivity index is 1.78. The van der Waals surface area contributed by atoms with E-state index in [1.54, 1.807) is 0 Å². The Bertz CT molecular complexity index is 608. The summed E-state index contributed by atoms with van der Waals surface area (Å²) < 4.78 is 1.13. The maximum absolute atomic E-state index is 5.59. The van der Waals surface area contributed by atoms with Crippen molar-refractivity contribution in [2.75, 3.05) is 44.2 Å². The number of nitrogens with zero attached hydrogens (tertiary/aromatic N) is 3. The summed E-state index contributed by atoms with van der Waals surface area (Å²) in [4.78, 5) is 9.51. The predicted octanol–water partition coefficient (Wildman–Crippen LogP) is 2.47. The number of nitrogens with two attached hydrogens (primary N) is 1. The summed E-state index contributed by atoms with van der Waals surface area (Å²) in [5.41, 5.74) is 5.59. The molecule has 0 aliphatic carbocycles. The Morgan fingerprint density at radius 2 is 1.90 bits per heavy atom. The van der Waals surface area contributed by atoms with Gasteiger partial charge in [0.15, 0.2) is 0 Å². The smallest absolute Gasteiger partial charge is 0.136 e. The summed E-state index contributed by atoms with van der Waals surface area (Å²) in [5, 5.41) is 2.45. The van der Waals surface area contributed by atoms with Crippen molar-refractivity contribution in [2.45, 2.75) is 6.42 Å². The first-order valence-electron chi connectivity index (χ1n) is 7.50. The van der Waals surface area contributed by atoms with Gasteiger partial charge in [-0.15, -0.1) is 0 Å². The zero-order valence-corrected chi connectivity index (χ0v) is 13.7. The van der Waals surface area contributed by atoms with Crippen LogP contribution in [0.3, 0.4) is 0 Å². The number of benzene rings is 1. The molecule has 1 fully saturated rings. The minimum Gasteiger partial charge on any atom is -0.354 e. The van der Waals surface area contributed by atoms with E-state index in [2.05, 4.69) is 55.0 Å². The first-order valence-corrected chi connectivity index (χ1v) is 8.29. The fraction of sp³-hybridized carbons (Fsp3) is 0.438. The number of rotatable bonds is 4. The minimum atomic E-state index is 0.777. The van der Waals surface area contributed by atoms with Crippen LogP contribution in [0, 0.1) is 0 Å². The molecule has 1 aliphatic rings. The molecule has 1 aromatic carbocycles. The van der Waals surface area contributed by atoms with Gasteiger partial charge in [0.05, 0.1) is 0 Å². The lowest BCUT2D eigenvalue weighted by atomic mass is 10.1. The SMILES string of the molecule is NCCCN1CCN(c2nccc3c(Br)cccc23)CC1. The number of hydrogen-bond donors (Lipinski definition) is 1. The lowest BCUT2D eigenvalue weighted by Crippen LogP contribution is -2.47. The Kier molecular flexibility index (Phi) is 4.73. The first kappa shape index (κ1) is 14.8. The summed E-state index contributed by atoms with van der Waals surface area (Å²) in [7, 11) is 0. The van der Waals surface area contributed by atoms with Crippen LogP contribution in [-0.2, 0) is 0 Å². The summed E-state index contributed by atoms with van der Waals surface area (Å²) in [6.07, 6.45) is 2.99. The zero-order chi connectivity index (χ0) is 14.7. The molecule has 0 bridgehead atoms. The Labute approximate surface area is 134 Å². The van der Waals surface area contributed by atoms with E-state index in [0.29, 0.717) is 0 Å². The van der Waals surface area contributed by atoms with E-state index < -0.39 is 0 Å². The van der Waals surface area contributed by atoms with Crippen molar-refractivity contribution in [3.8, 4) is 0 Å². The molecular formula is C16H21BrN4. The molecule has 0 radical (unpaired) electrons. The molecule has 1 saturated heterocycles. The Hall–Kier alpha value is -1.17. The molecule has 0 unspecified atom stereocenters. The van der Waals surface area contributed by atoms with Gasteiger partial charge in [0, 0.05) is 47.6 Å². The van der Waals surface area contributed by atoms with Gasteiger partial charge in [0.25, 0.3) is 0 Å². The molecule has 1 aromatic heterocycles. The van der Waals surface area contributed by atoms with Crippen molar-refractivity contribution in [2.24, 2.45) is 5.73 Å². The van der Waals surface area contributed by atoms with Crippen LogP contribution in [0.15, 0.2) is 34.9 Å². The quantitative estimate of drug-likeness (QED) is 0.921. The third-order valence-electron chi connectivity index (χ3n) is 4.08. The summed E-state index contributed by atoms with van der Waals surface area (Å²) >= 11 is 3.63. The Morgan fingerprint density at radius 3 is 2.67 bits per heavy atom. The fourth-order valence-corrected chi connectivity index (χ4v) is 3.40. The molecule has 3 rings (SSSR count). The van der Waals surface area contributed by atoms with Gasteiger partial charge in [-0.1, -0.05) is 28.1 Å². The van der Waals surface area contributed by atoms with Crippen LogP contribution in [0.1, 0.15) is 6.42 Å². The fourth-order valence-electron chi connectivity index (χ4n) is 2.90. The molecule has 21 heavy (non-hydrogen) atoms. The van der Waals surface area contributed by atoms with E-state index in [9.17, 15) is 0 Å². The predicted molar refractivity (Wildman–Crippen MR) is 91.8 cm³/mol. The van der Waals surface area contributed by atoms with Crippen molar-refractivity contribution in [1.82, 2.24) is 9.88 Å². The van der Waals surface area contributed by atoms with E-state index in [-0.39, 0.29) is 0 Å². The number of aromatic nitrogens is 1. The van der Waals surface area contributed by atoms with Crippen LogP contribution >= 0.6 is 15.9 Å². The topological polar surface area (TPSA) is 45.4 Å². The molecule has 5 heteroatoms. The molecule has 2 aromatic rings. The van der Waals surface area contributed by atoms with Gasteiger partial charge in [-0.25, -0.2) is 4.98 Å². The van der Waals surface area contributed by atoms with E-state index in [0.717, 1.165) is 56.0 Å². The van der Waals surface area contributed by atoms with Gasteiger partial charge in [-0.3, -0.25) is 4.90 Å². The minimum absolute atomic E-state index is 0.777. The average Bonchev–Trinajstić information content (AvgIpc) is 2.53. The van der Waals surface area contributed by atoms with Crippen LogP contribution in [0.4, 0.5) is 5.82 Å². The van der Waals surface area contributed by atoms with Crippen molar-refractivity contribution in [3.63, 3.8) is 0 Å². The normalized spacial score (nSPS) is 16.6. The molecule has 0 saturated carbocycles. The van der Waals surface area contributed by atoms with Gasteiger partial charge in [0.2, 0.25) is 0 Å². The van der Waals surface area contributed by atoms with E-state index >= 15 is 0 Å².